The van der Waals surface area contributed by atoms with Gasteiger partial charge in [0.1, 0.15) is 0 Å². The molecule has 4 heteroatoms. The van der Waals surface area contributed by atoms with Crippen LogP contribution in [0.5, 0.6) is 0 Å². The van der Waals surface area contributed by atoms with E-state index in [9.17, 15) is 0 Å². The lowest BCUT2D eigenvalue weighted by Crippen LogP contribution is -2.14. The Bertz CT molecular complexity index is 781. The molecule has 0 unspecified atom stereocenters. The van der Waals surface area contributed by atoms with Gasteiger partial charge in [0.15, 0.2) is 0 Å². The largest absolute Gasteiger partial charge is 0.313 e. The Hall–Kier alpha value is -2.10. The van der Waals surface area contributed by atoms with Crippen molar-refractivity contribution in [3.8, 4) is 16.9 Å². The van der Waals surface area contributed by atoms with E-state index < -0.39 is 0 Å². The topological polar surface area (TPSA) is 29.9 Å². The molecule has 0 bridgehead atoms. The Morgan fingerprint density at radius 3 is 2.54 bits per heavy atom. The molecule has 3 rings (SSSR count). The molecule has 1 aromatic heterocycles. The molecule has 3 aromatic rings. The van der Waals surface area contributed by atoms with Gasteiger partial charge in [0.05, 0.1) is 16.4 Å². The van der Waals surface area contributed by atoms with Crippen LogP contribution in [0.4, 0.5) is 0 Å². The molecular weight excluding hydrogens is 318 g/mol. The first-order valence-electron chi connectivity index (χ1n) is 8.39. The monoisotopic (exact) mass is 339 g/mol. The molecule has 0 aliphatic rings. The maximum Gasteiger partial charge on any atom is 0.0987 e. The summed E-state index contributed by atoms with van der Waals surface area (Å²) in [4.78, 5) is 0. The van der Waals surface area contributed by atoms with Gasteiger partial charge in [-0.1, -0.05) is 61.3 Å². The van der Waals surface area contributed by atoms with Gasteiger partial charge in [0, 0.05) is 23.9 Å². The first-order valence-corrected chi connectivity index (χ1v) is 8.77. The zero-order valence-corrected chi connectivity index (χ0v) is 14.6. The quantitative estimate of drug-likeness (QED) is 0.608. The summed E-state index contributed by atoms with van der Waals surface area (Å²) in [5.41, 5.74) is 4.11. The standard InChI is InChI=1S/C20H22ClN3/c1-2-3-13-22-14-16-15-24(17-9-5-4-6-10-17)23-20(16)18-11-7-8-12-19(18)21/h4-12,15,22H,2-3,13-14H2,1H3. The molecule has 24 heavy (non-hydrogen) atoms. The van der Waals surface area contributed by atoms with Crippen molar-refractivity contribution in [2.45, 2.75) is 26.3 Å². The number of benzene rings is 2. The van der Waals surface area contributed by atoms with Gasteiger partial charge in [-0.2, -0.15) is 5.10 Å². The summed E-state index contributed by atoms with van der Waals surface area (Å²) in [6, 6.07) is 18.0. The first kappa shape index (κ1) is 16.7. The molecule has 0 spiro atoms. The summed E-state index contributed by atoms with van der Waals surface area (Å²) in [6.45, 7) is 3.99. The Labute approximate surface area is 148 Å². The summed E-state index contributed by atoms with van der Waals surface area (Å²) in [6.07, 6.45) is 4.45. The smallest absolute Gasteiger partial charge is 0.0987 e. The average Bonchev–Trinajstić information content (AvgIpc) is 3.04. The summed E-state index contributed by atoms with van der Waals surface area (Å²) in [5.74, 6) is 0. The molecule has 124 valence electrons. The Morgan fingerprint density at radius 2 is 1.79 bits per heavy atom. The molecule has 0 amide bonds. The summed E-state index contributed by atoms with van der Waals surface area (Å²) >= 11 is 6.40. The van der Waals surface area contributed by atoms with Gasteiger partial charge in [0.25, 0.3) is 0 Å². The predicted molar refractivity (Wildman–Crippen MR) is 101 cm³/mol. The van der Waals surface area contributed by atoms with Crippen LogP contribution in [0, 0.1) is 0 Å². The van der Waals surface area contributed by atoms with Crippen LogP contribution in [-0.2, 0) is 6.54 Å². The van der Waals surface area contributed by atoms with Crippen LogP contribution < -0.4 is 5.32 Å². The molecule has 3 nitrogen and oxygen atoms in total. The number of para-hydroxylation sites is 1. The third-order valence-electron chi connectivity index (χ3n) is 3.96. The Morgan fingerprint density at radius 1 is 1.04 bits per heavy atom. The number of hydrogen-bond donors (Lipinski definition) is 1. The SMILES string of the molecule is CCCCNCc1cn(-c2ccccc2)nc1-c1ccccc1Cl. The number of unbranched alkanes of at least 4 members (excludes halogenated alkanes) is 1. The van der Waals surface area contributed by atoms with Gasteiger partial charge in [0.2, 0.25) is 0 Å². The van der Waals surface area contributed by atoms with Crippen molar-refractivity contribution in [2.24, 2.45) is 0 Å². The van der Waals surface area contributed by atoms with E-state index in [4.69, 9.17) is 16.7 Å². The van der Waals surface area contributed by atoms with Gasteiger partial charge in [-0.3, -0.25) is 0 Å². The molecule has 0 saturated carbocycles. The van der Waals surface area contributed by atoms with Crippen molar-refractivity contribution in [1.82, 2.24) is 15.1 Å². The molecular formula is C20H22ClN3. The highest BCUT2D eigenvalue weighted by Gasteiger charge is 2.14. The zero-order chi connectivity index (χ0) is 16.8. The van der Waals surface area contributed by atoms with E-state index in [1.165, 1.54) is 12.8 Å². The van der Waals surface area contributed by atoms with E-state index in [0.717, 1.165) is 40.6 Å². The van der Waals surface area contributed by atoms with E-state index in [1.807, 2.05) is 47.1 Å². The highest BCUT2D eigenvalue weighted by molar-refractivity contribution is 6.33. The van der Waals surface area contributed by atoms with E-state index in [-0.39, 0.29) is 0 Å². The molecule has 0 aliphatic heterocycles. The van der Waals surface area contributed by atoms with Crippen LogP contribution >= 0.6 is 11.6 Å². The van der Waals surface area contributed by atoms with Crippen molar-refractivity contribution in [3.05, 3.63) is 71.4 Å². The van der Waals surface area contributed by atoms with Crippen molar-refractivity contribution in [2.75, 3.05) is 6.54 Å². The molecule has 0 saturated heterocycles. The number of nitrogens with zero attached hydrogens (tertiary/aromatic N) is 2. The molecule has 2 aromatic carbocycles. The Balaban J connectivity index is 1.95. The second-order valence-electron chi connectivity index (χ2n) is 5.79. The highest BCUT2D eigenvalue weighted by atomic mass is 35.5. The molecule has 0 atom stereocenters. The van der Waals surface area contributed by atoms with Crippen molar-refractivity contribution >= 4 is 11.6 Å². The van der Waals surface area contributed by atoms with E-state index >= 15 is 0 Å². The molecule has 0 radical (unpaired) electrons. The number of rotatable bonds is 7. The van der Waals surface area contributed by atoms with E-state index in [0.29, 0.717) is 0 Å². The predicted octanol–water partition coefficient (Wildman–Crippen LogP) is 5.08. The lowest BCUT2D eigenvalue weighted by molar-refractivity contribution is 0.642. The van der Waals surface area contributed by atoms with Gasteiger partial charge in [-0.15, -0.1) is 0 Å². The minimum Gasteiger partial charge on any atom is -0.313 e. The van der Waals surface area contributed by atoms with Gasteiger partial charge < -0.3 is 5.32 Å². The fourth-order valence-electron chi connectivity index (χ4n) is 2.66. The zero-order valence-electron chi connectivity index (χ0n) is 13.9. The second kappa shape index (κ2) is 8.13. The minimum absolute atomic E-state index is 0.727. The number of aromatic nitrogens is 2. The number of hydrogen-bond acceptors (Lipinski definition) is 2. The molecule has 0 aliphatic carbocycles. The fourth-order valence-corrected chi connectivity index (χ4v) is 2.88. The maximum atomic E-state index is 6.40. The maximum absolute atomic E-state index is 6.40. The summed E-state index contributed by atoms with van der Waals surface area (Å²) < 4.78 is 1.93. The average molecular weight is 340 g/mol. The van der Waals surface area contributed by atoms with Crippen LogP contribution in [0.15, 0.2) is 60.8 Å². The van der Waals surface area contributed by atoms with E-state index in [1.54, 1.807) is 0 Å². The van der Waals surface area contributed by atoms with Gasteiger partial charge in [-0.25, -0.2) is 4.68 Å². The van der Waals surface area contributed by atoms with Crippen LogP contribution in [0.25, 0.3) is 16.9 Å². The summed E-state index contributed by atoms with van der Waals surface area (Å²) in [7, 11) is 0. The van der Waals surface area contributed by atoms with Crippen LogP contribution in [-0.4, -0.2) is 16.3 Å². The molecule has 0 fully saturated rings. The molecule has 1 heterocycles. The molecule has 1 N–H and O–H groups in total. The van der Waals surface area contributed by atoms with Gasteiger partial charge >= 0.3 is 0 Å². The number of nitrogens with one attached hydrogen (secondary N) is 1. The van der Waals surface area contributed by atoms with Crippen LogP contribution in [0.2, 0.25) is 5.02 Å². The minimum atomic E-state index is 0.727. The third kappa shape index (κ3) is 3.86. The van der Waals surface area contributed by atoms with Crippen molar-refractivity contribution in [3.63, 3.8) is 0 Å². The van der Waals surface area contributed by atoms with Crippen molar-refractivity contribution < 1.29 is 0 Å². The fraction of sp³-hybridized carbons (Fsp3) is 0.250. The highest BCUT2D eigenvalue weighted by Crippen LogP contribution is 2.29. The van der Waals surface area contributed by atoms with Crippen LogP contribution in [0.1, 0.15) is 25.3 Å². The third-order valence-corrected chi connectivity index (χ3v) is 4.29. The first-order chi connectivity index (χ1) is 11.8. The lowest BCUT2D eigenvalue weighted by atomic mass is 10.1. The Kier molecular flexibility index (Phi) is 5.68. The summed E-state index contributed by atoms with van der Waals surface area (Å²) in [5, 5.41) is 9.03. The lowest BCUT2D eigenvalue weighted by Gasteiger charge is -2.05. The second-order valence-corrected chi connectivity index (χ2v) is 6.20. The number of halogens is 1. The van der Waals surface area contributed by atoms with Gasteiger partial charge in [-0.05, 0) is 31.2 Å². The van der Waals surface area contributed by atoms with Crippen molar-refractivity contribution in [1.29, 1.82) is 0 Å². The van der Waals surface area contributed by atoms with Crippen LogP contribution in [0.3, 0.4) is 0 Å². The van der Waals surface area contributed by atoms with E-state index in [2.05, 4.69) is 30.6 Å². The normalized spacial score (nSPS) is 10.9.